The van der Waals surface area contributed by atoms with Crippen LogP contribution in [0.2, 0.25) is 0 Å². The second-order valence-corrected chi connectivity index (χ2v) is 29.5. The van der Waals surface area contributed by atoms with Crippen LogP contribution in [-0.4, -0.2) is 208 Å². The van der Waals surface area contributed by atoms with Crippen LogP contribution in [0.15, 0.2) is 19.0 Å². The number of fused-ring (bicyclic) bond motifs is 6. The summed E-state index contributed by atoms with van der Waals surface area (Å²) in [6, 6.07) is 0. The SMILES string of the molecule is CCOc1nc(N)nc2c1ncn2[C@@H]1O[C@@H]2COP(=O)(OCCC(=O)OC(C)C)O[C@H]2[C@@]1(C)F.CCOc1nc(N)nc2c1ncn2[C@@H]1O[C@@H]2CO[P@@](=O)(OCCC(=O)OC(C)C)O[C@H]2[C@@]1(C)F.CCOc1nc(N)nc2c1ncn2[C@@H]1O[C@@H]2CO[P@](=O)(OCCC(=O)OC(C)C)O[C@H]2[C@@]1(C)F. The summed E-state index contributed by atoms with van der Waals surface area (Å²) in [4.78, 5) is 72.2. The van der Waals surface area contributed by atoms with Gasteiger partial charge in [0.2, 0.25) is 35.5 Å². The fourth-order valence-electron chi connectivity index (χ4n) is 11.4. The number of phosphoric acid groups is 3. The average Bonchev–Trinajstić information content (AvgIpc) is 1.59. The molecule has 0 aromatic carbocycles. The molecule has 0 amide bonds. The van der Waals surface area contributed by atoms with Gasteiger partial charge in [0.25, 0.3) is 0 Å². The number of rotatable bonds is 24. The van der Waals surface area contributed by atoms with E-state index in [1.165, 1.54) is 53.5 Å². The van der Waals surface area contributed by atoms with Gasteiger partial charge in [-0.2, -0.15) is 29.9 Å². The minimum Gasteiger partial charge on any atom is -0.476 e. The molecule has 39 nitrogen and oxygen atoms in total. The zero-order valence-electron chi connectivity index (χ0n) is 57.5. The van der Waals surface area contributed by atoms with E-state index in [0.717, 1.165) is 0 Å². The van der Waals surface area contributed by atoms with E-state index < -0.39 is 114 Å². The summed E-state index contributed by atoms with van der Waals surface area (Å²) in [5.41, 5.74) is 12.2. The summed E-state index contributed by atoms with van der Waals surface area (Å²) in [5.74, 6) is -1.36. The van der Waals surface area contributed by atoms with Gasteiger partial charge in [0.05, 0.1) is 116 Å². The van der Waals surface area contributed by atoms with Gasteiger partial charge in [-0.25, -0.2) is 41.8 Å². The van der Waals surface area contributed by atoms with Gasteiger partial charge in [0.1, 0.15) is 36.6 Å². The fourth-order valence-corrected chi connectivity index (χ4v) is 15.7. The number of hydrogen-bond donors (Lipinski definition) is 3. The van der Waals surface area contributed by atoms with Crippen molar-refractivity contribution >= 4 is 92.7 Å². The largest absolute Gasteiger partial charge is 0.476 e. The van der Waals surface area contributed by atoms with Crippen LogP contribution in [0.25, 0.3) is 33.5 Å². The Morgan fingerprint density at radius 3 is 0.971 bits per heavy atom. The van der Waals surface area contributed by atoms with E-state index in [4.69, 9.17) is 101 Å². The van der Waals surface area contributed by atoms with Gasteiger partial charge in [-0.3, -0.25) is 68.8 Å². The number of nitrogens with zero attached hydrogens (tertiary/aromatic N) is 12. The molecule has 0 radical (unpaired) electrons. The maximum Gasteiger partial charge on any atom is 0.475 e. The van der Waals surface area contributed by atoms with E-state index in [9.17, 15) is 28.1 Å². The van der Waals surface area contributed by atoms with Crippen molar-refractivity contribution in [3.63, 3.8) is 0 Å². The Morgan fingerprint density at radius 2 is 0.735 bits per heavy atom. The van der Waals surface area contributed by atoms with Crippen molar-refractivity contribution in [3.05, 3.63) is 19.0 Å². The van der Waals surface area contributed by atoms with Crippen molar-refractivity contribution in [1.29, 1.82) is 0 Å². The normalized spacial score (nSPS) is 31.1. The summed E-state index contributed by atoms with van der Waals surface area (Å²) in [6.45, 7) is 18.6. The number of phosphoric ester groups is 3. The van der Waals surface area contributed by atoms with Gasteiger partial charge >= 0.3 is 41.4 Å². The molecule has 6 aromatic heterocycles. The molecule has 6 fully saturated rings. The molecule has 102 heavy (non-hydrogen) atoms. The number of halogens is 3. The maximum atomic E-state index is 16.1. The molecule has 12 rings (SSSR count). The van der Waals surface area contributed by atoms with E-state index in [-0.39, 0.29) is 146 Å². The standard InChI is InChI=1S/3C19H27FN5O8P/c3*1-5-28-16-13-15(23-18(21)24-16)25(9-22-13)17-19(4,20)14-11(32-17)8-30-34(27,33-14)29-7-6-12(26)31-10(2)3/h3*9-11,14,17H,5-8H2,1-4H3,(H2,21,23,24)/t11-,14-,17-,19-,34?;11-,14-,17-,19-,34+;11-,14-,17-,19-,34-/m111/s1. The van der Waals surface area contributed by atoms with Crippen molar-refractivity contribution in [2.24, 2.45) is 0 Å². The lowest BCUT2D eigenvalue weighted by atomic mass is 9.98. The van der Waals surface area contributed by atoms with Crippen LogP contribution in [0.3, 0.4) is 0 Å². The van der Waals surface area contributed by atoms with E-state index in [2.05, 4.69) is 44.9 Å². The molecule has 6 aliphatic rings. The molecule has 0 saturated carbocycles. The summed E-state index contributed by atoms with van der Waals surface area (Å²) in [7, 11) is -12.4. The van der Waals surface area contributed by atoms with Crippen LogP contribution >= 0.6 is 23.5 Å². The second-order valence-electron chi connectivity index (χ2n) is 24.6. The molecular weight excluding hydrogens is 1430 g/mol. The first-order chi connectivity index (χ1) is 48.1. The first-order valence-corrected chi connectivity index (χ1v) is 36.7. The monoisotopic (exact) mass is 1510 g/mol. The van der Waals surface area contributed by atoms with Crippen molar-refractivity contribution < 1.29 is 125 Å². The van der Waals surface area contributed by atoms with Crippen LogP contribution in [0, 0.1) is 0 Å². The van der Waals surface area contributed by atoms with Gasteiger partial charge in [-0.15, -0.1) is 0 Å². The van der Waals surface area contributed by atoms with Gasteiger partial charge in [0.15, 0.2) is 69.2 Å². The number of ether oxygens (including phenoxy) is 9. The Balaban J connectivity index is 0.000000165. The minimum absolute atomic E-state index is 0.0813. The van der Waals surface area contributed by atoms with Crippen LogP contribution in [-0.2, 0) is 97.2 Å². The number of carbonyl (C=O) groups is 3. The molecule has 45 heteroatoms. The van der Waals surface area contributed by atoms with Crippen molar-refractivity contribution in [2.75, 3.05) is 76.7 Å². The summed E-state index contributed by atoms with van der Waals surface area (Å²) >= 11 is 0. The average molecular weight is 1510 g/mol. The van der Waals surface area contributed by atoms with Gasteiger partial charge in [-0.05, 0) is 83.1 Å². The topological polar surface area (TPSA) is 477 Å². The van der Waals surface area contributed by atoms with Gasteiger partial charge < -0.3 is 59.8 Å². The molecule has 6 saturated heterocycles. The molecule has 15 atom stereocenters. The van der Waals surface area contributed by atoms with Crippen LogP contribution in [0.1, 0.15) is 121 Å². The molecule has 0 spiro atoms. The molecule has 564 valence electrons. The molecule has 0 bridgehead atoms. The van der Waals surface area contributed by atoms with Crippen molar-refractivity contribution in [2.45, 2.75) is 193 Å². The summed E-state index contributed by atoms with van der Waals surface area (Å²) < 4.78 is 188. The van der Waals surface area contributed by atoms with E-state index in [0.29, 0.717) is 19.8 Å². The van der Waals surface area contributed by atoms with E-state index in [1.807, 2.05) is 0 Å². The highest BCUT2D eigenvalue weighted by atomic mass is 31.2. The third-order valence-electron chi connectivity index (χ3n) is 15.5. The van der Waals surface area contributed by atoms with E-state index in [1.54, 1.807) is 62.3 Å². The smallest absolute Gasteiger partial charge is 0.475 e. The number of aromatic nitrogens is 12. The Hall–Kier alpha value is -7.14. The lowest BCUT2D eigenvalue weighted by Crippen LogP contribution is -2.44. The summed E-state index contributed by atoms with van der Waals surface area (Å²) in [5, 5.41) is 0. The van der Waals surface area contributed by atoms with E-state index >= 15 is 13.2 Å². The number of carbonyl (C=O) groups excluding carboxylic acids is 3. The Labute approximate surface area is 580 Å². The van der Waals surface area contributed by atoms with Crippen molar-refractivity contribution in [3.8, 4) is 17.6 Å². The number of imidazole rings is 3. The number of esters is 3. The van der Waals surface area contributed by atoms with Gasteiger partial charge in [0, 0.05) is 0 Å². The third-order valence-corrected chi connectivity index (χ3v) is 19.9. The number of hydrogen-bond acceptors (Lipinski definition) is 36. The number of anilines is 3. The van der Waals surface area contributed by atoms with Crippen LogP contribution in [0.5, 0.6) is 17.6 Å². The third kappa shape index (κ3) is 17.0. The minimum atomic E-state index is -4.15. The Kier molecular flexibility index (Phi) is 23.8. The van der Waals surface area contributed by atoms with Crippen molar-refractivity contribution in [1.82, 2.24) is 58.6 Å². The highest BCUT2D eigenvalue weighted by Crippen LogP contribution is 2.63. The molecule has 12 heterocycles. The quantitative estimate of drug-likeness (QED) is 0.0313. The predicted octanol–water partition coefficient (Wildman–Crippen LogP) is 6.94. The highest BCUT2D eigenvalue weighted by Gasteiger charge is 2.65. The molecule has 6 N–H and O–H groups in total. The fraction of sp³-hybridized carbons (Fsp3) is 0.684. The molecule has 0 aliphatic carbocycles. The second kappa shape index (κ2) is 31.3. The Morgan fingerprint density at radius 1 is 0.480 bits per heavy atom. The zero-order valence-corrected chi connectivity index (χ0v) is 60.2. The van der Waals surface area contributed by atoms with Gasteiger partial charge in [-0.1, -0.05) is 0 Å². The number of nitrogens with two attached hydrogens (primary N) is 3. The predicted molar refractivity (Wildman–Crippen MR) is 344 cm³/mol. The lowest BCUT2D eigenvalue weighted by Gasteiger charge is -2.33. The first-order valence-electron chi connectivity index (χ1n) is 32.3. The highest BCUT2D eigenvalue weighted by molar-refractivity contribution is 7.49. The molecule has 6 aromatic rings. The van der Waals surface area contributed by atoms with Crippen LogP contribution in [0.4, 0.5) is 31.0 Å². The van der Waals surface area contributed by atoms with Crippen LogP contribution < -0.4 is 31.4 Å². The molecule has 6 aliphatic heterocycles. The molecule has 1 unspecified atom stereocenters. The molecular formula is C57H81F3N15O24P3. The first kappa shape index (κ1) is 77.5. The zero-order chi connectivity index (χ0) is 74.0. The lowest BCUT2D eigenvalue weighted by molar-refractivity contribution is -0.149. The Bertz CT molecular complexity index is 3740. The number of nitrogen functional groups attached to an aromatic ring is 3. The maximum absolute atomic E-state index is 16.1. The number of alkyl halides is 3. The summed E-state index contributed by atoms with van der Waals surface area (Å²) in [6.07, 6.45) is -7.70.